The Hall–Kier alpha value is -1.23. The number of aromatic amines is 1. The van der Waals surface area contributed by atoms with Crippen molar-refractivity contribution < 1.29 is 13.2 Å². The maximum atomic E-state index is 13.1. The van der Waals surface area contributed by atoms with E-state index in [-0.39, 0.29) is 15.9 Å². The number of aryl methyl sites for hydroxylation is 1. The molecule has 0 saturated heterocycles. The molecule has 0 amide bonds. The van der Waals surface area contributed by atoms with Gasteiger partial charge in [0.2, 0.25) is 0 Å². The second kappa shape index (κ2) is 2.63. The van der Waals surface area contributed by atoms with E-state index in [4.69, 9.17) is 4.42 Å². The van der Waals surface area contributed by atoms with Crippen LogP contribution in [0.5, 0.6) is 0 Å². The Morgan fingerprint density at radius 1 is 1.46 bits per heavy atom. The van der Waals surface area contributed by atoms with Gasteiger partial charge in [-0.3, -0.25) is 0 Å². The van der Waals surface area contributed by atoms with Crippen LogP contribution in [0.3, 0.4) is 0 Å². The highest BCUT2D eigenvalue weighted by Gasteiger charge is 2.13. The number of hydrogen-bond donors (Lipinski definition) is 1. The molecule has 0 saturated carbocycles. The zero-order valence-corrected chi connectivity index (χ0v) is 7.47. The Labute approximate surface area is 77.2 Å². The Kier molecular flexibility index (Phi) is 1.69. The number of H-pyrrole nitrogens is 1. The number of benzene rings is 1. The smallest absolute Gasteiger partial charge is 0.266 e. The molecule has 1 N–H and O–H groups in total. The van der Waals surface area contributed by atoms with Gasteiger partial charge in [0, 0.05) is 0 Å². The second-order valence-electron chi connectivity index (χ2n) is 2.71. The molecule has 0 bridgehead atoms. The predicted octanol–water partition coefficient (Wildman–Crippen LogP) is 3.08. The molecule has 0 atom stereocenters. The number of aromatic nitrogens is 1. The van der Waals surface area contributed by atoms with Crippen LogP contribution in [0, 0.1) is 23.4 Å². The molecule has 2 nitrogen and oxygen atoms in total. The van der Waals surface area contributed by atoms with Gasteiger partial charge in [0.1, 0.15) is 5.52 Å². The number of oxazole rings is 1. The largest absolute Gasteiger partial charge is 0.429 e. The normalized spacial score (nSPS) is 11.0. The summed E-state index contributed by atoms with van der Waals surface area (Å²) in [6, 6.07) is 1.07. The van der Waals surface area contributed by atoms with Gasteiger partial charge in [-0.15, -0.1) is 0 Å². The zero-order chi connectivity index (χ0) is 9.59. The van der Waals surface area contributed by atoms with Gasteiger partial charge in [-0.2, -0.15) is 0 Å². The lowest BCUT2D eigenvalue weighted by Gasteiger charge is -1.96. The third-order valence-electron chi connectivity index (χ3n) is 1.78. The van der Waals surface area contributed by atoms with E-state index in [2.05, 4.69) is 17.2 Å². The number of rotatable bonds is 0. The van der Waals surface area contributed by atoms with Crippen LogP contribution in [-0.4, -0.2) is 4.98 Å². The van der Waals surface area contributed by atoms with Gasteiger partial charge in [-0.05, 0) is 30.8 Å². The summed E-state index contributed by atoms with van der Waals surface area (Å²) in [5, 5.41) is 0. The summed E-state index contributed by atoms with van der Waals surface area (Å²) in [4.78, 5) is 2.49. The van der Waals surface area contributed by atoms with Crippen molar-refractivity contribution in [1.29, 1.82) is 0 Å². The fraction of sp³-hybridized carbons (Fsp3) is 0.125. The third kappa shape index (κ3) is 1.16. The van der Waals surface area contributed by atoms with Gasteiger partial charge in [0.25, 0.3) is 4.84 Å². The van der Waals surface area contributed by atoms with Gasteiger partial charge in [0.15, 0.2) is 17.2 Å². The lowest BCUT2D eigenvalue weighted by atomic mass is 10.2. The highest BCUT2D eigenvalue weighted by atomic mass is 32.1. The van der Waals surface area contributed by atoms with E-state index in [9.17, 15) is 8.78 Å². The van der Waals surface area contributed by atoms with Crippen molar-refractivity contribution in [2.24, 2.45) is 0 Å². The predicted molar refractivity (Wildman–Crippen MR) is 46.1 cm³/mol. The van der Waals surface area contributed by atoms with Crippen LogP contribution in [-0.2, 0) is 0 Å². The van der Waals surface area contributed by atoms with E-state index in [0.717, 1.165) is 6.07 Å². The van der Waals surface area contributed by atoms with Gasteiger partial charge < -0.3 is 9.40 Å². The average Bonchev–Trinajstić information content (AvgIpc) is 2.44. The van der Waals surface area contributed by atoms with E-state index in [1.807, 2.05) is 0 Å². The maximum Gasteiger partial charge on any atom is 0.266 e. The fourth-order valence-corrected chi connectivity index (χ4v) is 1.38. The van der Waals surface area contributed by atoms with E-state index in [1.165, 1.54) is 0 Å². The Morgan fingerprint density at radius 3 is 2.85 bits per heavy atom. The van der Waals surface area contributed by atoms with E-state index in [0.29, 0.717) is 5.56 Å². The molecule has 0 spiro atoms. The standard InChI is InChI=1S/C8H5F2NOS/c1-3-2-4(9)5(10)6-7(3)12-8(13)11-6/h2H,1H3,(H,11,13). The molecule has 0 radical (unpaired) electrons. The molecule has 0 aliphatic heterocycles. The molecular weight excluding hydrogens is 196 g/mol. The summed E-state index contributed by atoms with van der Waals surface area (Å²) in [6.07, 6.45) is 0. The molecule has 0 fully saturated rings. The summed E-state index contributed by atoms with van der Waals surface area (Å²) in [5.74, 6) is -1.86. The van der Waals surface area contributed by atoms with Crippen molar-refractivity contribution in [3.63, 3.8) is 0 Å². The van der Waals surface area contributed by atoms with Crippen molar-refractivity contribution >= 4 is 23.3 Å². The molecule has 0 aliphatic carbocycles. The van der Waals surface area contributed by atoms with Gasteiger partial charge in [0.05, 0.1) is 0 Å². The van der Waals surface area contributed by atoms with E-state index in [1.54, 1.807) is 6.92 Å². The monoisotopic (exact) mass is 201 g/mol. The summed E-state index contributed by atoms with van der Waals surface area (Å²) in [5.41, 5.74) is 0.771. The van der Waals surface area contributed by atoms with Crippen molar-refractivity contribution in [3.8, 4) is 0 Å². The molecule has 5 heteroatoms. The maximum absolute atomic E-state index is 13.1. The van der Waals surface area contributed by atoms with Gasteiger partial charge in [-0.25, -0.2) is 8.78 Å². The molecule has 68 valence electrons. The van der Waals surface area contributed by atoms with Crippen LogP contribution in [0.4, 0.5) is 8.78 Å². The number of hydrogen-bond acceptors (Lipinski definition) is 2. The Morgan fingerprint density at radius 2 is 2.15 bits per heavy atom. The lowest BCUT2D eigenvalue weighted by molar-refractivity contribution is 0.513. The second-order valence-corrected chi connectivity index (χ2v) is 3.08. The zero-order valence-electron chi connectivity index (χ0n) is 6.65. The van der Waals surface area contributed by atoms with Crippen molar-refractivity contribution in [2.75, 3.05) is 0 Å². The van der Waals surface area contributed by atoms with Crippen molar-refractivity contribution in [2.45, 2.75) is 6.92 Å². The highest BCUT2D eigenvalue weighted by molar-refractivity contribution is 7.71. The molecule has 2 rings (SSSR count). The molecule has 0 aliphatic rings. The minimum atomic E-state index is -0.958. The average molecular weight is 201 g/mol. The molecule has 0 unspecified atom stereocenters. The van der Waals surface area contributed by atoms with Gasteiger partial charge >= 0.3 is 0 Å². The van der Waals surface area contributed by atoms with Crippen LogP contribution in [0.2, 0.25) is 0 Å². The molecule has 1 heterocycles. The molecule has 13 heavy (non-hydrogen) atoms. The summed E-state index contributed by atoms with van der Waals surface area (Å²) < 4.78 is 30.9. The minimum Gasteiger partial charge on any atom is -0.429 e. The number of halogens is 2. The van der Waals surface area contributed by atoms with E-state index >= 15 is 0 Å². The topological polar surface area (TPSA) is 28.9 Å². The first-order valence-electron chi connectivity index (χ1n) is 3.57. The van der Waals surface area contributed by atoms with Crippen molar-refractivity contribution in [1.82, 2.24) is 4.98 Å². The summed E-state index contributed by atoms with van der Waals surface area (Å²) >= 11 is 4.66. The first-order chi connectivity index (χ1) is 6.09. The SMILES string of the molecule is Cc1cc(F)c(F)c2[nH]c(=S)oc12. The first kappa shape index (κ1) is 8.37. The molecular formula is C8H5F2NOS. The Balaban J connectivity index is 3.04. The van der Waals surface area contributed by atoms with Crippen LogP contribution in [0.15, 0.2) is 10.5 Å². The molecule has 2 aromatic rings. The minimum absolute atomic E-state index is 0.0116. The van der Waals surface area contributed by atoms with Crippen LogP contribution in [0.25, 0.3) is 11.1 Å². The van der Waals surface area contributed by atoms with Gasteiger partial charge in [-0.1, -0.05) is 0 Å². The third-order valence-corrected chi connectivity index (χ3v) is 1.96. The van der Waals surface area contributed by atoms with E-state index < -0.39 is 11.6 Å². The quantitative estimate of drug-likeness (QED) is 0.663. The summed E-state index contributed by atoms with van der Waals surface area (Å²) in [6.45, 7) is 1.62. The van der Waals surface area contributed by atoms with Crippen LogP contribution < -0.4 is 0 Å². The first-order valence-corrected chi connectivity index (χ1v) is 3.98. The lowest BCUT2D eigenvalue weighted by Crippen LogP contribution is -1.87. The number of fused-ring (bicyclic) bond motifs is 1. The molecule has 1 aromatic heterocycles. The van der Waals surface area contributed by atoms with Crippen LogP contribution >= 0.6 is 12.2 Å². The van der Waals surface area contributed by atoms with Crippen molar-refractivity contribution in [3.05, 3.63) is 28.1 Å². The molecule has 1 aromatic carbocycles. The highest BCUT2D eigenvalue weighted by Crippen LogP contribution is 2.23. The Bertz CT molecular complexity index is 529. The van der Waals surface area contributed by atoms with Crippen LogP contribution in [0.1, 0.15) is 5.56 Å². The number of nitrogens with one attached hydrogen (secondary N) is 1. The summed E-state index contributed by atoms with van der Waals surface area (Å²) in [7, 11) is 0. The fourth-order valence-electron chi connectivity index (χ4n) is 1.20.